The van der Waals surface area contributed by atoms with Gasteiger partial charge in [0.05, 0.1) is 33.5 Å². The van der Waals surface area contributed by atoms with Crippen molar-refractivity contribution in [1.82, 2.24) is 20.1 Å². The SMILES string of the molecule is CCc1nc2cc(OCC(O)CN3C[CH]N(c4ccc5[nH]ncc5c4)CC3)ccc2s1. The number of aromatic nitrogens is 3. The molecule has 0 bridgehead atoms. The lowest BCUT2D eigenvalue weighted by Gasteiger charge is -2.36. The summed E-state index contributed by atoms with van der Waals surface area (Å²) in [6, 6.07) is 12.3. The van der Waals surface area contributed by atoms with Crippen LogP contribution in [0.5, 0.6) is 5.75 Å². The third-order valence-electron chi connectivity index (χ3n) is 5.59. The highest BCUT2D eigenvalue weighted by Gasteiger charge is 2.20. The zero-order chi connectivity index (χ0) is 21.2. The Balaban J connectivity index is 1.11. The molecule has 0 aliphatic carbocycles. The number of aliphatic hydroxyl groups excluding tert-OH is 1. The van der Waals surface area contributed by atoms with Crippen molar-refractivity contribution in [3.63, 3.8) is 0 Å². The van der Waals surface area contributed by atoms with Crippen molar-refractivity contribution in [3.05, 3.63) is 54.1 Å². The Kier molecular flexibility index (Phi) is 5.76. The minimum Gasteiger partial charge on any atom is -0.491 e. The first kappa shape index (κ1) is 20.2. The second-order valence-electron chi connectivity index (χ2n) is 7.83. The van der Waals surface area contributed by atoms with E-state index in [4.69, 9.17) is 4.74 Å². The normalized spacial score (nSPS) is 16.3. The van der Waals surface area contributed by atoms with Gasteiger partial charge in [0.25, 0.3) is 0 Å². The van der Waals surface area contributed by atoms with Crippen LogP contribution in [0.3, 0.4) is 0 Å². The zero-order valence-corrected chi connectivity index (χ0v) is 18.3. The highest BCUT2D eigenvalue weighted by molar-refractivity contribution is 7.18. The summed E-state index contributed by atoms with van der Waals surface area (Å²) in [5, 5.41) is 19.8. The van der Waals surface area contributed by atoms with E-state index in [1.165, 1.54) is 10.4 Å². The van der Waals surface area contributed by atoms with Gasteiger partial charge < -0.3 is 14.7 Å². The number of piperazine rings is 1. The van der Waals surface area contributed by atoms with E-state index in [1.54, 1.807) is 11.3 Å². The topological polar surface area (TPSA) is 77.5 Å². The number of hydrogen-bond acceptors (Lipinski definition) is 7. The van der Waals surface area contributed by atoms with Gasteiger partial charge in [-0.2, -0.15) is 5.10 Å². The molecule has 161 valence electrons. The first-order chi connectivity index (χ1) is 15.2. The molecule has 1 radical (unpaired) electrons. The van der Waals surface area contributed by atoms with Crippen LogP contribution >= 0.6 is 11.3 Å². The van der Waals surface area contributed by atoms with E-state index >= 15 is 0 Å². The molecule has 1 aliphatic rings. The number of rotatable bonds is 7. The van der Waals surface area contributed by atoms with E-state index in [0.717, 1.165) is 53.2 Å². The smallest absolute Gasteiger partial charge is 0.121 e. The van der Waals surface area contributed by atoms with E-state index in [0.29, 0.717) is 6.54 Å². The van der Waals surface area contributed by atoms with Crippen LogP contribution < -0.4 is 9.64 Å². The van der Waals surface area contributed by atoms with Gasteiger partial charge in [-0.15, -0.1) is 11.3 Å². The lowest BCUT2D eigenvalue weighted by atomic mass is 10.2. The highest BCUT2D eigenvalue weighted by Crippen LogP contribution is 2.26. The molecule has 1 aliphatic heterocycles. The van der Waals surface area contributed by atoms with Gasteiger partial charge in [0.1, 0.15) is 18.5 Å². The van der Waals surface area contributed by atoms with Gasteiger partial charge in [-0.05, 0) is 36.8 Å². The van der Waals surface area contributed by atoms with Gasteiger partial charge in [0.15, 0.2) is 0 Å². The van der Waals surface area contributed by atoms with Gasteiger partial charge >= 0.3 is 0 Å². The number of aryl methyl sites for hydroxylation is 1. The van der Waals surface area contributed by atoms with Gasteiger partial charge in [0, 0.05) is 43.3 Å². The second kappa shape index (κ2) is 8.82. The number of anilines is 1. The monoisotopic (exact) mass is 436 g/mol. The summed E-state index contributed by atoms with van der Waals surface area (Å²) in [5.41, 5.74) is 3.18. The minimum atomic E-state index is -0.542. The standard InChI is InChI=1S/C23H26N5O2S/c1-2-23-25-21-12-19(4-6-22(21)31-23)30-15-18(29)14-27-7-9-28(10-8-27)17-3-5-20-16(11-17)13-24-26-20/h3-6,9,11-13,18,29H,2,7-8,10,14-15H2,1H3,(H,24,26). The molecule has 0 spiro atoms. The number of nitrogens with zero attached hydrogens (tertiary/aromatic N) is 4. The summed E-state index contributed by atoms with van der Waals surface area (Å²) in [6.45, 7) is 7.72. The van der Waals surface area contributed by atoms with Crippen molar-refractivity contribution in [2.45, 2.75) is 19.4 Å². The number of aliphatic hydroxyl groups is 1. The highest BCUT2D eigenvalue weighted by atomic mass is 32.1. The van der Waals surface area contributed by atoms with Crippen molar-refractivity contribution >= 4 is 38.1 Å². The van der Waals surface area contributed by atoms with Crippen LogP contribution in [0, 0.1) is 6.54 Å². The fourth-order valence-electron chi connectivity index (χ4n) is 3.89. The molecule has 0 amide bonds. The predicted octanol–water partition coefficient (Wildman–Crippen LogP) is 3.46. The first-order valence-corrected chi connectivity index (χ1v) is 11.5. The maximum absolute atomic E-state index is 10.5. The molecule has 4 aromatic rings. The summed E-state index contributed by atoms with van der Waals surface area (Å²) in [5.74, 6) is 0.755. The average molecular weight is 437 g/mol. The molecule has 0 saturated carbocycles. The maximum Gasteiger partial charge on any atom is 0.121 e. The van der Waals surface area contributed by atoms with E-state index < -0.39 is 6.10 Å². The minimum absolute atomic E-state index is 0.271. The third kappa shape index (κ3) is 4.51. The van der Waals surface area contributed by atoms with E-state index in [-0.39, 0.29) is 6.61 Å². The molecule has 1 fully saturated rings. The van der Waals surface area contributed by atoms with Gasteiger partial charge in [-0.25, -0.2) is 4.98 Å². The molecule has 31 heavy (non-hydrogen) atoms. The fourth-order valence-corrected chi connectivity index (χ4v) is 4.78. The van der Waals surface area contributed by atoms with Gasteiger partial charge in [0.2, 0.25) is 0 Å². The van der Waals surface area contributed by atoms with Crippen molar-refractivity contribution in [1.29, 1.82) is 0 Å². The van der Waals surface area contributed by atoms with Crippen LogP contribution in [0.25, 0.3) is 21.1 Å². The Morgan fingerprint density at radius 2 is 2.16 bits per heavy atom. The number of nitrogens with one attached hydrogen (secondary N) is 1. The van der Waals surface area contributed by atoms with Crippen molar-refractivity contribution < 1.29 is 9.84 Å². The van der Waals surface area contributed by atoms with E-state index in [2.05, 4.69) is 56.6 Å². The molecular formula is C23H26N5O2S. The number of ether oxygens (including phenoxy) is 1. The van der Waals surface area contributed by atoms with Crippen LogP contribution in [0.1, 0.15) is 11.9 Å². The summed E-state index contributed by atoms with van der Waals surface area (Å²) >= 11 is 1.72. The van der Waals surface area contributed by atoms with E-state index in [1.807, 2.05) is 24.4 Å². The molecule has 2 aromatic carbocycles. The lowest BCUT2D eigenvalue weighted by Crippen LogP contribution is -2.46. The molecule has 5 rings (SSSR count). The first-order valence-electron chi connectivity index (χ1n) is 10.6. The zero-order valence-electron chi connectivity index (χ0n) is 17.5. The number of β-amino-alcohol motifs (C(OH)–C–C–N with tert-alkyl or cyclic N) is 1. The second-order valence-corrected chi connectivity index (χ2v) is 8.95. The molecule has 2 aromatic heterocycles. The predicted molar refractivity (Wildman–Crippen MR) is 125 cm³/mol. The van der Waals surface area contributed by atoms with Crippen molar-refractivity contribution in [3.8, 4) is 5.75 Å². The molecule has 1 saturated heterocycles. The molecular weight excluding hydrogens is 410 g/mol. The van der Waals surface area contributed by atoms with Crippen molar-refractivity contribution in [2.75, 3.05) is 37.7 Å². The van der Waals surface area contributed by atoms with Crippen LogP contribution in [0.4, 0.5) is 5.69 Å². The molecule has 1 atom stereocenters. The van der Waals surface area contributed by atoms with Crippen molar-refractivity contribution in [2.24, 2.45) is 0 Å². The van der Waals surface area contributed by atoms with Crippen LogP contribution in [0.15, 0.2) is 42.6 Å². The Hall–Kier alpha value is -2.68. The van der Waals surface area contributed by atoms with Crippen LogP contribution in [0.2, 0.25) is 0 Å². The fraction of sp³-hybridized carbons (Fsp3) is 0.348. The summed E-state index contributed by atoms with van der Waals surface area (Å²) in [7, 11) is 0. The number of benzene rings is 2. The van der Waals surface area contributed by atoms with Gasteiger partial charge in [-0.1, -0.05) is 6.92 Å². The summed E-state index contributed by atoms with van der Waals surface area (Å²) < 4.78 is 7.01. The molecule has 3 heterocycles. The molecule has 7 nitrogen and oxygen atoms in total. The number of H-pyrrole nitrogens is 1. The molecule has 2 N–H and O–H groups in total. The Bertz CT molecular complexity index is 1170. The number of aromatic amines is 1. The Labute approximate surface area is 185 Å². The number of thiazole rings is 1. The average Bonchev–Trinajstić information content (AvgIpc) is 3.43. The number of hydrogen-bond donors (Lipinski definition) is 2. The summed E-state index contributed by atoms with van der Waals surface area (Å²) in [4.78, 5) is 9.12. The largest absolute Gasteiger partial charge is 0.491 e. The molecule has 8 heteroatoms. The molecule has 1 unspecified atom stereocenters. The maximum atomic E-state index is 10.5. The van der Waals surface area contributed by atoms with E-state index in [9.17, 15) is 5.11 Å². The van der Waals surface area contributed by atoms with Crippen LogP contribution in [-0.4, -0.2) is 64.1 Å². The third-order valence-corrected chi connectivity index (χ3v) is 6.77. The van der Waals surface area contributed by atoms with Crippen LogP contribution in [-0.2, 0) is 6.42 Å². The Morgan fingerprint density at radius 1 is 1.23 bits per heavy atom. The summed E-state index contributed by atoms with van der Waals surface area (Å²) in [6.07, 6.45) is 2.25. The lowest BCUT2D eigenvalue weighted by molar-refractivity contribution is 0.0690. The quantitative estimate of drug-likeness (QED) is 0.462. The number of fused-ring (bicyclic) bond motifs is 2. The van der Waals surface area contributed by atoms with Gasteiger partial charge in [-0.3, -0.25) is 10.00 Å². The Morgan fingerprint density at radius 3 is 3.00 bits per heavy atom.